The Kier molecular flexibility index (Phi) is 7.98. The van der Waals surface area contributed by atoms with Gasteiger partial charge in [0.15, 0.2) is 0 Å². The summed E-state index contributed by atoms with van der Waals surface area (Å²) >= 11 is 0. The van der Waals surface area contributed by atoms with Crippen molar-refractivity contribution in [1.29, 1.82) is 0 Å². The molecule has 0 fully saturated rings. The first kappa shape index (κ1) is 17.8. The minimum absolute atomic E-state index is 0.0606. The highest BCUT2D eigenvalue weighted by Gasteiger charge is 2.17. The van der Waals surface area contributed by atoms with Crippen molar-refractivity contribution >= 4 is 17.7 Å². The quantitative estimate of drug-likeness (QED) is 0.399. The largest absolute Gasteiger partial charge is 0.351 e. The topological polar surface area (TPSA) is 89.9 Å². The molecular weight excluding hydrogens is 279 g/mol. The summed E-state index contributed by atoms with van der Waals surface area (Å²) in [4.78, 5) is 9.42. The van der Waals surface area contributed by atoms with E-state index >= 15 is 0 Å². The second kappa shape index (κ2) is 8.07. The van der Waals surface area contributed by atoms with Gasteiger partial charge in [-0.3, -0.25) is 8.75 Å². The van der Waals surface area contributed by atoms with Gasteiger partial charge in [-0.25, -0.2) is 0 Å². The lowest BCUT2D eigenvalue weighted by Crippen LogP contribution is -2.04. The summed E-state index contributed by atoms with van der Waals surface area (Å²) in [6, 6.07) is 0. The van der Waals surface area contributed by atoms with Gasteiger partial charge in [-0.1, -0.05) is 13.0 Å². The van der Waals surface area contributed by atoms with E-state index in [2.05, 4.69) is 4.18 Å². The van der Waals surface area contributed by atoms with E-state index in [0.29, 0.717) is 19.3 Å². The van der Waals surface area contributed by atoms with Crippen LogP contribution in [0.25, 0.3) is 0 Å². The van der Waals surface area contributed by atoms with Gasteiger partial charge in [-0.2, -0.15) is 8.42 Å². The first-order valence-corrected chi connectivity index (χ1v) is 9.15. The molecule has 6 nitrogen and oxygen atoms in total. The Hall–Kier alpha value is -0.200. The first-order valence-electron chi connectivity index (χ1n) is 5.69. The van der Waals surface area contributed by atoms with Gasteiger partial charge in [0.25, 0.3) is 10.1 Å². The molecule has 0 aliphatic heterocycles. The predicted molar refractivity (Wildman–Crippen MR) is 69.8 cm³/mol. The van der Waals surface area contributed by atoms with Crippen LogP contribution in [-0.4, -0.2) is 32.3 Å². The maximum absolute atomic E-state index is 11.5. The van der Waals surface area contributed by atoms with Gasteiger partial charge in [-0.15, -0.1) is 0 Å². The van der Waals surface area contributed by atoms with E-state index in [1.54, 1.807) is 6.92 Å². The Bertz CT molecular complexity index is 403. The first-order chi connectivity index (χ1) is 8.16. The zero-order chi connectivity index (χ0) is 14.2. The highest BCUT2D eigenvalue weighted by atomic mass is 32.2. The Labute approximate surface area is 109 Å². The van der Waals surface area contributed by atoms with Gasteiger partial charge in [0, 0.05) is 5.82 Å². The second-order valence-corrected chi connectivity index (χ2v) is 7.22. The third-order valence-corrected chi connectivity index (χ3v) is 3.86. The van der Waals surface area contributed by atoms with Crippen LogP contribution >= 0.6 is 7.60 Å². The summed E-state index contributed by atoms with van der Waals surface area (Å²) in [5, 5.41) is 0. The summed E-state index contributed by atoms with van der Waals surface area (Å²) in [6.45, 7) is 3.64. The zero-order valence-electron chi connectivity index (χ0n) is 10.9. The average Bonchev–Trinajstić information content (AvgIpc) is 2.20. The molecule has 0 saturated heterocycles. The molecule has 0 amide bonds. The van der Waals surface area contributed by atoms with Crippen LogP contribution in [0.4, 0.5) is 0 Å². The van der Waals surface area contributed by atoms with E-state index < -0.39 is 17.7 Å². The van der Waals surface area contributed by atoms with Gasteiger partial charge < -0.3 is 9.42 Å². The molecule has 18 heavy (non-hydrogen) atoms. The van der Waals surface area contributed by atoms with Crippen molar-refractivity contribution in [2.24, 2.45) is 0 Å². The second-order valence-electron chi connectivity index (χ2n) is 3.94. The SMILES string of the molecule is CCC(C)OP(=O)(O)C=CCCCOS(C)(=O)=O. The van der Waals surface area contributed by atoms with Gasteiger partial charge >= 0.3 is 7.60 Å². The number of unbranched alkanes of at least 4 members (excludes halogenated alkanes) is 1. The molecule has 0 aromatic rings. The molecule has 8 heteroatoms. The molecule has 0 aliphatic carbocycles. The summed E-state index contributed by atoms with van der Waals surface area (Å²) in [6.07, 6.45) is 3.75. The standard InChI is InChI=1S/C10H21O6PS/c1-4-10(2)16-17(11,12)9-7-5-6-8-15-18(3,13)14/h7,9-10H,4-6,8H2,1-3H3,(H,11,12). The molecule has 0 aliphatic rings. The molecule has 1 N–H and O–H groups in total. The van der Waals surface area contributed by atoms with Crippen molar-refractivity contribution in [2.75, 3.05) is 12.9 Å². The summed E-state index contributed by atoms with van der Waals surface area (Å²) in [5.74, 6) is 1.12. The van der Waals surface area contributed by atoms with Crippen molar-refractivity contribution in [3.63, 3.8) is 0 Å². The summed E-state index contributed by atoms with van der Waals surface area (Å²) in [5.41, 5.74) is 0. The van der Waals surface area contributed by atoms with Crippen LogP contribution in [0.2, 0.25) is 0 Å². The van der Waals surface area contributed by atoms with Crippen molar-refractivity contribution in [1.82, 2.24) is 0 Å². The fraction of sp³-hybridized carbons (Fsp3) is 0.800. The highest BCUT2D eigenvalue weighted by Crippen LogP contribution is 2.45. The zero-order valence-corrected chi connectivity index (χ0v) is 12.6. The Balaban J connectivity index is 3.91. The minimum atomic E-state index is -3.69. The van der Waals surface area contributed by atoms with Gasteiger partial charge in [0.1, 0.15) is 0 Å². The van der Waals surface area contributed by atoms with Crippen LogP contribution in [0.5, 0.6) is 0 Å². The van der Waals surface area contributed by atoms with Crippen molar-refractivity contribution in [3.8, 4) is 0 Å². The normalized spacial score (nSPS) is 17.8. The van der Waals surface area contributed by atoms with E-state index in [9.17, 15) is 17.9 Å². The summed E-state index contributed by atoms with van der Waals surface area (Å²) < 4.78 is 42.2. The van der Waals surface area contributed by atoms with E-state index in [1.165, 1.54) is 6.08 Å². The molecule has 2 unspecified atom stereocenters. The Morgan fingerprint density at radius 1 is 1.44 bits per heavy atom. The molecule has 0 radical (unpaired) electrons. The van der Waals surface area contributed by atoms with Crippen LogP contribution in [0, 0.1) is 0 Å². The van der Waals surface area contributed by atoms with E-state index in [0.717, 1.165) is 12.1 Å². The van der Waals surface area contributed by atoms with Crippen LogP contribution in [0.3, 0.4) is 0 Å². The molecule has 0 bridgehead atoms. The predicted octanol–water partition coefficient (Wildman–Crippen LogP) is 2.26. The third kappa shape index (κ3) is 10.9. The van der Waals surface area contributed by atoms with Gasteiger partial charge in [0.05, 0.1) is 19.0 Å². The van der Waals surface area contributed by atoms with Crippen molar-refractivity contribution < 1.29 is 26.6 Å². The van der Waals surface area contributed by atoms with Gasteiger partial charge in [0.2, 0.25) is 0 Å². The fourth-order valence-electron chi connectivity index (χ4n) is 0.987. The molecule has 108 valence electrons. The molecule has 2 atom stereocenters. The third-order valence-electron chi connectivity index (χ3n) is 2.01. The molecule has 0 rings (SSSR count). The lowest BCUT2D eigenvalue weighted by Gasteiger charge is -2.13. The summed E-state index contributed by atoms with van der Waals surface area (Å²) in [7, 11) is -7.10. The Morgan fingerprint density at radius 3 is 2.56 bits per heavy atom. The molecule has 0 spiro atoms. The minimum Gasteiger partial charge on any atom is -0.321 e. The molecular formula is C10H21O6PS. The van der Waals surface area contributed by atoms with E-state index in [4.69, 9.17) is 4.52 Å². The lowest BCUT2D eigenvalue weighted by atomic mass is 10.3. The number of hydrogen-bond acceptors (Lipinski definition) is 5. The van der Waals surface area contributed by atoms with Crippen LogP contribution in [0.1, 0.15) is 33.1 Å². The number of allylic oxidation sites excluding steroid dienone is 1. The highest BCUT2D eigenvalue weighted by molar-refractivity contribution is 7.85. The average molecular weight is 300 g/mol. The number of rotatable bonds is 9. The number of hydrogen-bond donors (Lipinski definition) is 1. The van der Waals surface area contributed by atoms with Gasteiger partial charge in [-0.05, 0) is 26.2 Å². The smallest absolute Gasteiger partial charge is 0.321 e. The maximum Gasteiger partial charge on any atom is 0.351 e. The fourth-order valence-corrected chi connectivity index (χ4v) is 2.56. The maximum atomic E-state index is 11.5. The molecule has 0 saturated carbocycles. The van der Waals surface area contributed by atoms with Crippen molar-refractivity contribution in [3.05, 3.63) is 11.9 Å². The van der Waals surface area contributed by atoms with E-state index in [-0.39, 0.29) is 12.7 Å². The van der Waals surface area contributed by atoms with E-state index in [1.807, 2.05) is 6.92 Å². The molecule has 0 heterocycles. The monoisotopic (exact) mass is 300 g/mol. The Morgan fingerprint density at radius 2 is 2.06 bits per heavy atom. The van der Waals surface area contributed by atoms with Crippen LogP contribution in [0.15, 0.2) is 11.9 Å². The van der Waals surface area contributed by atoms with Crippen LogP contribution in [-0.2, 0) is 23.4 Å². The van der Waals surface area contributed by atoms with Crippen molar-refractivity contribution in [2.45, 2.75) is 39.2 Å². The van der Waals surface area contributed by atoms with Crippen LogP contribution < -0.4 is 0 Å². The lowest BCUT2D eigenvalue weighted by molar-refractivity contribution is 0.191. The molecule has 0 aromatic carbocycles. The molecule has 0 aromatic heterocycles.